The number of terminal acetylenes is 1. The molecule has 5 nitrogen and oxygen atoms in total. The number of guanidine groups is 1. The largest absolute Gasteiger partial charge is 0.357 e. The lowest BCUT2D eigenvalue weighted by Crippen LogP contribution is -2.37. The minimum atomic E-state index is 0.395. The number of rotatable bonds is 6. The average Bonchev–Trinajstić information content (AvgIpc) is 2.85. The van der Waals surface area contributed by atoms with Gasteiger partial charge in [0.05, 0.1) is 12.2 Å². The van der Waals surface area contributed by atoms with E-state index in [1.807, 2.05) is 23.9 Å². The number of hydrogen-bond donors (Lipinski definition) is 2. The van der Waals surface area contributed by atoms with Crippen LogP contribution in [0, 0.1) is 12.3 Å². The van der Waals surface area contributed by atoms with Crippen LogP contribution in [0.2, 0.25) is 0 Å². The lowest BCUT2D eigenvalue weighted by atomic mass is 10.3. The summed E-state index contributed by atoms with van der Waals surface area (Å²) in [6.07, 6.45) is 8.05. The van der Waals surface area contributed by atoms with Crippen molar-refractivity contribution >= 4 is 5.96 Å². The van der Waals surface area contributed by atoms with Crippen molar-refractivity contribution < 1.29 is 0 Å². The molecule has 0 aliphatic carbocycles. The van der Waals surface area contributed by atoms with Gasteiger partial charge in [0.1, 0.15) is 0 Å². The Morgan fingerprint density at radius 2 is 2.32 bits per heavy atom. The first-order chi connectivity index (χ1) is 9.17. The summed E-state index contributed by atoms with van der Waals surface area (Å²) in [5, 5.41) is 10.7. The summed E-state index contributed by atoms with van der Waals surface area (Å²) in [5.74, 6) is 3.29. The first-order valence-electron chi connectivity index (χ1n) is 6.67. The van der Waals surface area contributed by atoms with Crippen LogP contribution in [-0.2, 0) is 6.42 Å². The SMILES string of the molecule is C#CCNC(=NCCc1ccn(C(C)C)n1)NCC. The molecule has 0 aromatic carbocycles. The van der Waals surface area contributed by atoms with Crippen molar-refractivity contribution in [3.63, 3.8) is 0 Å². The third-order valence-corrected chi connectivity index (χ3v) is 2.53. The van der Waals surface area contributed by atoms with Gasteiger partial charge in [0.25, 0.3) is 0 Å². The Balaban J connectivity index is 2.46. The predicted octanol–water partition coefficient (Wildman–Crippen LogP) is 1.19. The minimum absolute atomic E-state index is 0.395. The molecule has 0 saturated carbocycles. The Hall–Kier alpha value is -1.96. The van der Waals surface area contributed by atoms with Crippen LogP contribution in [0.1, 0.15) is 32.5 Å². The van der Waals surface area contributed by atoms with Crippen LogP contribution >= 0.6 is 0 Å². The number of nitrogens with zero attached hydrogens (tertiary/aromatic N) is 3. The molecule has 1 aromatic heterocycles. The second kappa shape index (κ2) is 8.20. The molecule has 1 rings (SSSR count). The normalized spacial score (nSPS) is 11.4. The third-order valence-electron chi connectivity index (χ3n) is 2.53. The summed E-state index contributed by atoms with van der Waals surface area (Å²) < 4.78 is 1.96. The Labute approximate surface area is 115 Å². The second-order valence-corrected chi connectivity index (χ2v) is 4.45. The molecule has 1 heterocycles. The van der Waals surface area contributed by atoms with E-state index < -0.39 is 0 Å². The maximum absolute atomic E-state index is 5.22. The summed E-state index contributed by atoms with van der Waals surface area (Å²) in [4.78, 5) is 4.45. The van der Waals surface area contributed by atoms with E-state index >= 15 is 0 Å². The average molecular weight is 261 g/mol. The molecule has 0 atom stereocenters. The molecule has 0 unspecified atom stereocenters. The highest BCUT2D eigenvalue weighted by atomic mass is 15.3. The van der Waals surface area contributed by atoms with E-state index in [2.05, 4.69) is 40.5 Å². The van der Waals surface area contributed by atoms with Gasteiger partial charge < -0.3 is 10.6 Å². The van der Waals surface area contributed by atoms with Crippen LogP contribution in [0.15, 0.2) is 17.3 Å². The van der Waals surface area contributed by atoms with E-state index in [1.54, 1.807) is 0 Å². The molecule has 0 bridgehead atoms. The van der Waals surface area contributed by atoms with E-state index in [0.29, 0.717) is 19.1 Å². The molecule has 104 valence electrons. The zero-order valence-electron chi connectivity index (χ0n) is 12.0. The van der Waals surface area contributed by atoms with Gasteiger partial charge in [-0.2, -0.15) is 5.10 Å². The van der Waals surface area contributed by atoms with E-state index in [1.165, 1.54) is 0 Å². The molecule has 19 heavy (non-hydrogen) atoms. The second-order valence-electron chi connectivity index (χ2n) is 4.45. The van der Waals surface area contributed by atoms with Gasteiger partial charge >= 0.3 is 0 Å². The Morgan fingerprint density at radius 3 is 2.89 bits per heavy atom. The number of nitrogens with one attached hydrogen (secondary N) is 2. The summed E-state index contributed by atoms with van der Waals surface area (Å²) in [6, 6.07) is 2.43. The smallest absolute Gasteiger partial charge is 0.192 e. The molecule has 5 heteroatoms. The first kappa shape index (κ1) is 15.1. The highest BCUT2D eigenvalue weighted by molar-refractivity contribution is 5.79. The Morgan fingerprint density at radius 1 is 1.53 bits per heavy atom. The quantitative estimate of drug-likeness (QED) is 0.459. The lowest BCUT2D eigenvalue weighted by molar-refractivity contribution is 0.526. The van der Waals surface area contributed by atoms with Crippen molar-refractivity contribution in [1.82, 2.24) is 20.4 Å². The summed E-state index contributed by atoms with van der Waals surface area (Å²) in [5.41, 5.74) is 1.06. The van der Waals surface area contributed by atoms with Gasteiger partial charge in [-0.1, -0.05) is 5.92 Å². The van der Waals surface area contributed by atoms with Gasteiger partial charge in [-0.3, -0.25) is 9.67 Å². The molecule has 0 aliphatic rings. The van der Waals surface area contributed by atoms with Crippen molar-refractivity contribution in [3.8, 4) is 12.3 Å². The summed E-state index contributed by atoms with van der Waals surface area (Å²) in [7, 11) is 0. The Bertz CT molecular complexity index is 439. The van der Waals surface area contributed by atoms with Crippen molar-refractivity contribution in [2.45, 2.75) is 33.2 Å². The molecule has 0 spiro atoms. The van der Waals surface area contributed by atoms with Gasteiger partial charge in [0.2, 0.25) is 0 Å². The molecule has 0 aliphatic heterocycles. The topological polar surface area (TPSA) is 54.2 Å². The van der Waals surface area contributed by atoms with Crippen molar-refractivity contribution in [1.29, 1.82) is 0 Å². The minimum Gasteiger partial charge on any atom is -0.357 e. The predicted molar refractivity (Wildman–Crippen MR) is 79.1 cm³/mol. The fourth-order valence-electron chi connectivity index (χ4n) is 1.56. The highest BCUT2D eigenvalue weighted by Gasteiger charge is 2.01. The van der Waals surface area contributed by atoms with E-state index in [0.717, 1.165) is 24.6 Å². The van der Waals surface area contributed by atoms with Crippen LogP contribution in [0.4, 0.5) is 0 Å². The highest BCUT2D eigenvalue weighted by Crippen LogP contribution is 2.04. The molecule has 1 aromatic rings. The summed E-state index contributed by atoms with van der Waals surface area (Å²) in [6.45, 7) is 8.24. The fourth-order valence-corrected chi connectivity index (χ4v) is 1.56. The van der Waals surface area contributed by atoms with Gasteiger partial charge in [-0.25, -0.2) is 0 Å². The van der Waals surface area contributed by atoms with Crippen LogP contribution in [0.5, 0.6) is 0 Å². The number of hydrogen-bond acceptors (Lipinski definition) is 2. The van der Waals surface area contributed by atoms with E-state index in [-0.39, 0.29) is 0 Å². The molecule has 0 radical (unpaired) electrons. The molecule has 2 N–H and O–H groups in total. The van der Waals surface area contributed by atoms with Gasteiger partial charge in [-0.15, -0.1) is 6.42 Å². The standard InChI is InChI=1S/C14H23N5/c1-5-9-16-14(15-6-2)17-10-7-13-8-11-19(18-13)12(3)4/h1,8,11-12H,6-7,9-10H2,2-4H3,(H2,15,16,17). The molecular weight excluding hydrogens is 238 g/mol. The lowest BCUT2D eigenvalue weighted by Gasteiger charge is -2.08. The van der Waals surface area contributed by atoms with Gasteiger partial charge in [0.15, 0.2) is 5.96 Å². The van der Waals surface area contributed by atoms with Crippen LogP contribution < -0.4 is 10.6 Å². The van der Waals surface area contributed by atoms with Gasteiger partial charge in [-0.05, 0) is 26.8 Å². The van der Waals surface area contributed by atoms with Crippen LogP contribution in [0.3, 0.4) is 0 Å². The zero-order valence-corrected chi connectivity index (χ0v) is 12.0. The third kappa shape index (κ3) is 5.47. The van der Waals surface area contributed by atoms with E-state index in [4.69, 9.17) is 6.42 Å². The van der Waals surface area contributed by atoms with Crippen molar-refractivity contribution in [3.05, 3.63) is 18.0 Å². The number of aliphatic imine (C=N–C) groups is 1. The van der Waals surface area contributed by atoms with Crippen molar-refractivity contribution in [2.75, 3.05) is 19.6 Å². The van der Waals surface area contributed by atoms with Crippen LogP contribution in [-0.4, -0.2) is 35.4 Å². The zero-order chi connectivity index (χ0) is 14.1. The molecule has 0 fully saturated rings. The van der Waals surface area contributed by atoms with Gasteiger partial charge in [0, 0.05) is 31.7 Å². The fraction of sp³-hybridized carbons (Fsp3) is 0.571. The Kier molecular flexibility index (Phi) is 6.51. The maximum Gasteiger partial charge on any atom is 0.192 e. The molecule has 0 saturated heterocycles. The maximum atomic E-state index is 5.22. The molecule has 0 amide bonds. The number of aromatic nitrogens is 2. The molecular formula is C14H23N5. The van der Waals surface area contributed by atoms with E-state index in [9.17, 15) is 0 Å². The van der Waals surface area contributed by atoms with Crippen LogP contribution in [0.25, 0.3) is 0 Å². The first-order valence-corrected chi connectivity index (χ1v) is 6.67. The monoisotopic (exact) mass is 261 g/mol. The van der Waals surface area contributed by atoms with Crippen molar-refractivity contribution in [2.24, 2.45) is 4.99 Å². The summed E-state index contributed by atoms with van der Waals surface area (Å²) >= 11 is 0.